The normalized spacial score (nSPS) is 28.6. The standard InChI is InChI=1S/C16H16ClNO5/c1-21-15(19)10-7-11(16(20)22-2)14-12(10)13(18-23-14)8-3-5-9(17)6-4-8/h3-6,10-12,14H,7H2,1-2H3/t10-,11+,12+,14+/m0/s1. The van der Waals surface area contributed by atoms with Gasteiger partial charge in [0.15, 0.2) is 0 Å². The Hall–Kier alpha value is -2.08. The van der Waals surface area contributed by atoms with Gasteiger partial charge in [-0.3, -0.25) is 9.59 Å². The lowest BCUT2D eigenvalue weighted by molar-refractivity contribution is -0.149. The SMILES string of the molecule is COC(=O)[C@H]1C[C@@H](C(=O)OC)[C@H]2ON=C(c3ccc(Cl)cc3)[C@H]21. The molecule has 1 fully saturated rings. The van der Waals surface area contributed by atoms with E-state index in [0.29, 0.717) is 17.2 Å². The lowest BCUT2D eigenvalue weighted by Gasteiger charge is -2.16. The minimum atomic E-state index is -0.539. The number of hydrogen-bond donors (Lipinski definition) is 0. The Balaban J connectivity index is 1.94. The molecule has 1 aliphatic heterocycles. The van der Waals surface area contributed by atoms with E-state index in [1.165, 1.54) is 14.2 Å². The predicted molar refractivity (Wildman–Crippen MR) is 82.0 cm³/mol. The molecule has 1 aromatic carbocycles. The third-order valence-corrected chi connectivity index (χ3v) is 4.68. The van der Waals surface area contributed by atoms with E-state index in [2.05, 4.69) is 5.16 Å². The second-order valence-electron chi connectivity index (χ2n) is 5.57. The maximum atomic E-state index is 12.1. The average Bonchev–Trinajstić information content (AvgIpc) is 3.14. The van der Waals surface area contributed by atoms with Gasteiger partial charge in [0.1, 0.15) is 6.10 Å². The molecule has 23 heavy (non-hydrogen) atoms. The number of hydrogen-bond acceptors (Lipinski definition) is 6. The fourth-order valence-corrected chi connectivity index (χ4v) is 3.46. The smallest absolute Gasteiger partial charge is 0.312 e. The first-order valence-corrected chi connectivity index (χ1v) is 7.60. The fourth-order valence-electron chi connectivity index (χ4n) is 3.34. The number of ether oxygens (including phenoxy) is 2. The highest BCUT2D eigenvalue weighted by molar-refractivity contribution is 6.30. The van der Waals surface area contributed by atoms with Crippen LogP contribution in [-0.2, 0) is 23.9 Å². The first-order chi connectivity index (χ1) is 11.1. The van der Waals surface area contributed by atoms with E-state index < -0.39 is 23.9 Å². The van der Waals surface area contributed by atoms with Crippen molar-refractivity contribution in [2.75, 3.05) is 14.2 Å². The van der Waals surface area contributed by atoms with Crippen molar-refractivity contribution in [2.45, 2.75) is 12.5 Å². The van der Waals surface area contributed by atoms with Crippen LogP contribution in [0.25, 0.3) is 0 Å². The van der Waals surface area contributed by atoms with Crippen LogP contribution in [0, 0.1) is 17.8 Å². The van der Waals surface area contributed by atoms with E-state index in [1.54, 1.807) is 12.1 Å². The average molecular weight is 338 g/mol. The zero-order valence-corrected chi connectivity index (χ0v) is 13.4. The van der Waals surface area contributed by atoms with Gasteiger partial charge in [0.2, 0.25) is 0 Å². The summed E-state index contributed by atoms with van der Waals surface area (Å²) >= 11 is 5.91. The number of benzene rings is 1. The Bertz CT molecular complexity index is 657. The summed E-state index contributed by atoms with van der Waals surface area (Å²) in [5, 5.41) is 4.72. The molecule has 1 aliphatic carbocycles. The lowest BCUT2D eigenvalue weighted by Crippen LogP contribution is -2.32. The molecule has 0 unspecified atom stereocenters. The largest absolute Gasteiger partial charge is 0.469 e. The third-order valence-electron chi connectivity index (χ3n) is 4.43. The zero-order chi connectivity index (χ0) is 16.6. The Kier molecular flexibility index (Phi) is 4.26. The molecule has 3 rings (SSSR count). The van der Waals surface area contributed by atoms with Gasteiger partial charge in [-0.25, -0.2) is 0 Å². The van der Waals surface area contributed by atoms with E-state index in [9.17, 15) is 9.59 Å². The highest BCUT2D eigenvalue weighted by Gasteiger charge is 2.57. The van der Waals surface area contributed by atoms with E-state index >= 15 is 0 Å². The summed E-state index contributed by atoms with van der Waals surface area (Å²) in [6.45, 7) is 0. The molecule has 0 N–H and O–H groups in total. The topological polar surface area (TPSA) is 74.2 Å². The monoisotopic (exact) mass is 337 g/mol. The summed E-state index contributed by atoms with van der Waals surface area (Å²) in [6.07, 6.45) is -0.196. The molecule has 0 aromatic heterocycles. The van der Waals surface area contributed by atoms with Crippen molar-refractivity contribution in [3.05, 3.63) is 34.9 Å². The van der Waals surface area contributed by atoms with E-state index in [4.69, 9.17) is 25.9 Å². The number of fused-ring (bicyclic) bond motifs is 1. The molecule has 4 atom stereocenters. The summed E-state index contributed by atoms with van der Waals surface area (Å²) in [5.74, 6) is -2.15. The van der Waals surface area contributed by atoms with Gasteiger partial charge in [0, 0.05) is 5.02 Å². The van der Waals surface area contributed by atoms with Crippen LogP contribution in [-0.4, -0.2) is 38.0 Å². The van der Waals surface area contributed by atoms with Crippen LogP contribution in [0.15, 0.2) is 29.4 Å². The van der Waals surface area contributed by atoms with Crippen molar-refractivity contribution in [1.82, 2.24) is 0 Å². The molecule has 1 aromatic rings. The highest BCUT2D eigenvalue weighted by Crippen LogP contribution is 2.45. The van der Waals surface area contributed by atoms with Crippen molar-refractivity contribution in [2.24, 2.45) is 22.9 Å². The van der Waals surface area contributed by atoms with Gasteiger partial charge < -0.3 is 14.3 Å². The fraction of sp³-hybridized carbons (Fsp3) is 0.438. The van der Waals surface area contributed by atoms with Gasteiger partial charge >= 0.3 is 11.9 Å². The first-order valence-electron chi connectivity index (χ1n) is 7.22. The molecular weight excluding hydrogens is 322 g/mol. The van der Waals surface area contributed by atoms with Crippen LogP contribution in [0.1, 0.15) is 12.0 Å². The van der Waals surface area contributed by atoms with E-state index in [1.807, 2.05) is 12.1 Å². The molecule has 2 aliphatic rings. The van der Waals surface area contributed by atoms with Crippen molar-refractivity contribution in [1.29, 1.82) is 0 Å². The number of methoxy groups -OCH3 is 2. The van der Waals surface area contributed by atoms with Crippen molar-refractivity contribution in [3.8, 4) is 0 Å². The molecule has 122 valence electrons. The van der Waals surface area contributed by atoms with Crippen molar-refractivity contribution >= 4 is 29.3 Å². The Morgan fingerprint density at radius 1 is 1.13 bits per heavy atom. The van der Waals surface area contributed by atoms with Gasteiger partial charge in [-0.1, -0.05) is 28.9 Å². The molecule has 7 heteroatoms. The number of nitrogens with zero attached hydrogens (tertiary/aromatic N) is 1. The zero-order valence-electron chi connectivity index (χ0n) is 12.7. The van der Waals surface area contributed by atoms with Crippen LogP contribution < -0.4 is 0 Å². The van der Waals surface area contributed by atoms with Gasteiger partial charge in [-0.15, -0.1) is 0 Å². The van der Waals surface area contributed by atoms with Gasteiger partial charge in [0.25, 0.3) is 0 Å². The Labute approximate surface area is 138 Å². The number of carbonyl (C=O) groups excluding carboxylic acids is 2. The van der Waals surface area contributed by atoms with Crippen LogP contribution in [0.3, 0.4) is 0 Å². The van der Waals surface area contributed by atoms with Crippen LogP contribution in [0.5, 0.6) is 0 Å². The van der Waals surface area contributed by atoms with E-state index in [-0.39, 0.29) is 11.9 Å². The third kappa shape index (κ3) is 2.67. The molecule has 1 heterocycles. The molecule has 6 nitrogen and oxygen atoms in total. The quantitative estimate of drug-likeness (QED) is 0.789. The molecule has 0 bridgehead atoms. The number of oxime groups is 1. The van der Waals surface area contributed by atoms with Gasteiger partial charge in [-0.05, 0) is 24.1 Å². The Morgan fingerprint density at radius 3 is 2.35 bits per heavy atom. The maximum absolute atomic E-state index is 12.1. The second kappa shape index (κ2) is 6.20. The maximum Gasteiger partial charge on any atom is 0.312 e. The number of rotatable bonds is 3. The molecule has 1 saturated carbocycles. The molecule has 0 radical (unpaired) electrons. The predicted octanol–water partition coefficient (Wildman–Crippen LogP) is 2.04. The van der Waals surface area contributed by atoms with Crippen molar-refractivity contribution in [3.63, 3.8) is 0 Å². The number of esters is 2. The summed E-state index contributed by atoms with van der Waals surface area (Å²) in [5.41, 5.74) is 1.44. The van der Waals surface area contributed by atoms with Crippen LogP contribution in [0.4, 0.5) is 0 Å². The van der Waals surface area contributed by atoms with Crippen molar-refractivity contribution < 1.29 is 23.9 Å². The summed E-state index contributed by atoms with van der Waals surface area (Å²) in [7, 11) is 2.65. The minimum Gasteiger partial charge on any atom is -0.469 e. The van der Waals surface area contributed by atoms with Gasteiger partial charge in [0.05, 0.1) is 37.7 Å². The molecule has 0 spiro atoms. The van der Waals surface area contributed by atoms with Gasteiger partial charge in [-0.2, -0.15) is 0 Å². The highest BCUT2D eigenvalue weighted by atomic mass is 35.5. The van der Waals surface area contributed by atoms with Crippen LogP contribution >= 0.6 is 11.6 Å². The van der Waals surface area contributed by atoms with E-state index in [0.717, 1.165) is 5.56 Å². The first kappa shape index (κ1) is 15.8. The summed E-state index contributed by atoms with van der Waals surface area (Å²) < 4.78 is 9.71. The molecular formula is C16H16ClNO5. The van der Waals surface area contributed by atoms with Crippen LogP contribution in [0.2, 0.25) is 5.02 Å². The molecule has 0 saturated heterocycles. The molecule has 0 amide bonds. The summed E-state index contributed by atoms with van der Waals surface area (Å²) in [4.78, 5) is 29.6. The minimum absolute atomic E-state index is 0.321. The summed E-state index contributed by atoms with van der Waals surface area (Å²) in [6, 6.07) is 7.11. The number of carbonyl (C=O) groups is 2. The second-order valence-corrected chi connectivity index (χ2v) is 6.01. The number of halogens is 1. The Morgan fingerprint density at radius 2 is 1.74 bits per heavy atom. The lowest BCUT2D eigenvalue weighted by atomic mass is 9.87.